The molecule has 0 spiro atoms. The van der Waals surface area contributed by atoms with E-state index in [4.69, 9.17) is 9.84 Å². The molecule has 0 fully saturated rings. The van der Waals surface area contributed by atoms with Crippen molar-refractivity contribution in [2.75, 3.05) is 39.2 Å². The van der Waals surface area contributed by atoms with Gasteiger partial charge in [-0.25, -0.2) is 0 Å². The molecule has 0 radical (unpaired) electrons. The first-order valence-corrected chi connectivity index (χ1v) is 6.92. The fourth-order valence-corrected chi connectivity index (χ4v) is 2.00. The highest BCUT2D eigenvalue weighted by atomic mass is 16.5. The Morgan fingerprint density at radius 3 is 2.73 bits per heavy atom. The van der Waals surface area contributed by atoms with Crippen LogP contribution in [0.2, 0.25) is 0 Å². The number of methoxy groups -OCH3 is 1. The molecule has 1 aromatic rings. The number of rotatable bonds is 9. The average Bonchev–Trinajstić information content (AvgIpc) is 2.46. The number of hydrogen-bond acceptors (Lipinski definition) is 5. The van der Waals surface area contributed by atoms with Gasteiger partial charge in [0.1, 0.15) is 5.75 Å². The van der Waals surface area contributed by atoms with Crippen LogP contribution >= 0.6 is 0 Å². The van der Waals surface area contributed by atoms with Gasteiger partial charge in [0, 0.05) is 31.3 Å². The van der Waals surface area contributed by atoms with E-state index in [0.717, 1.165) is 0 Å². The maximum atomic E-state index is 12.0. The Balaban J connectivity index is 2.61. The molecule has 1 atom stereocenters. The monoisotopic (exact) mass is 310 g/mol. The minimum Gasteiger partial charge on any atom is -0.497 e. The van der Waals surface area contributed by atoms with E-state index in [2.05, 4.69) is 5.32 Å². The highest BCUT2D eigenvalue weighted by molar-refractivity contribution is 5.93. The van der Waals surface area contributed by atoms with Gasteiger partial charge in [0.15, 0.2) is 0 Å². The summed E-state index contributed by atoms with van der Waals surface area (Å²) in [5.74, 6) is -1.64. The van der Waals surface area contributed by atoms with Crippen molar-refractivity contribution < 1.29 is 24.5 Å². The van der Waals surface area contributed by atoms with Crippen LogP contribution in [0.1, 0.15) is 6.42 Å². The van der Waals surface area contributed by atoms with Crippen LogP contribution in [-0.2, 0) is 9.59 Å². The molecular weight excluding hydrogens is 288 g/mol. The number of carboxylic acids is 1. The van der Waals surface area contributed by atoms with Gasteiger partial charge >= 0.3 is 5.97 Å². The molecule has 1 amide bonds. The molecule has 3 N–H and O–H groups in total. The molecule has 0 saturated heterocycles. The van der Waals surface area contributed by atoms with Crippen LogP contribution in [0.3, 0.4) is 0 Å². The molecule has 7 heteroatoms. The Morgan fingerprint density at radius 1 is 1.41 bits per heavy atom. The van der Waals surface area contributed by atoms with E-state index in [0.29, 0.717) is 18.0 Å². The third kappa shape index (κ3) is 6.11. The second-order valence-corrected chi connectivity index (χ2v) is 5.01. The summed E-state index contributed by atoms with van der Waals surface area (Å²) >= 11 is 0. The standard InChI is InChI=1S/C15H22N2O5/c1-17(6-7-18)10-11(15(20)21)8-14(19)16-12-4-3-5-13(9-12)22-2/h3-5,9,11,18H,6-8,10H2,1-2H3,(H,16,19)(H,20,21). The second kappa shape index (κ2) is 9.01. The molecule has 0 bridgehead atoms. The summed E-state index contributed by atoms with van der Waals surface area (Å²) < 4.78 is 5.06. The lowest BCUT2D eigenvalue weighted by Crippen LogP contribution is -2.34. The number of nitrogens with zero attached hydrogens (tertiary/aromatic N) is 1. The number of anilines is 1. The number of carboxylic acid groups (broad SMARTS) is 1. The minimum absolute atomic E-state index is 0.0567. The second-order valence-electron chi connectivity index (χ2n) is 5.01. The van der Waals surface area contributed by atoms with Crippen molar-refractivity contribution in [3.05, 3.63) is 24.3 Å². The Kier molecular flexibility index (Phi) is 7.34. The Bertz CT molecular complexity index is 506. The number of benzene rings is 1. The molecule has 1 unspecified atom stereocenters. The molecule has 1 aromatic carbocycles. The molecule has 0 aromatic heterocycles. The summed E-state index contributed by atoms with van der Waals surface area (Å²) in [5, 5.41) is 20.7. The largest absolute Gasteiger partial charge is 0.497 e. The van der Waals surface area contributed by atoms with Crippen molar-refractivity contribution in [3.63, 3.8) is 0 Å². The van der Waals surface area contributed by atoms with E-state index in [1.807, 2.05) is 0 Å². The molecule has 122 valence electrons. The molecule has 0 aliphatic carbocycles. The molecule has 0 heterocycles. The quantitative estimate of drug-likeness (QED) is 0.619. The predicted molar refractivity (Wildman–Crippen MR) is 81.9 cm³/mol. The van der Waals surface area contributed by atoms with Gasteiger partial charge in [-0.15, -0.1) is 0 Å². The topological polar surface area (TPSA) is 99.1 Å². The van der Waals surface area contributed by atoms with Crippen LogP contribution < -0.4 is 10.1 Å². The molecule has 22 heavy (non-hydrogen) atoms. The van der Waals surface area contributed by atoms with E-state index in [-0.39, 0.29) is 25.5 Å². The average molecular weight is 310 g/mol. The summed E-state index contributed by atoms with van der Waals surface area (Å²) in [6.07, 6.45) is -0.137. The molecule has 0 aliphatic rings. The Hall–Kier alpha value is -2.12. The first-order chi connectivity index (χ1) is 10.5. The molecule has 0 aliphatic heterocycles. The minimum atomic E-state index is -1.04. The van der Waals surface area contributed by atoms with Crippen molar-refractivity contribution in [1.82, 2.24) is 4.90 Å². The summed E-state index contributed by atoms with van der Waals surface area (Å²) in [6, 6.07) is 6.84. The van der Waals surface area contributed by atoms with Crippen LogP contribution in [0.4, 0.5) is 5.69 Å². The van der Waals surface area contributed by atoms with Crippen LogP contribution in [0, 0.1) is 5.92 Å². The Labute approximate surface area is 129 Å². The van der Waals surface area contributed by atoms with E-state index in [1.165, 1.54) is 7.11 Å². The zero-order valence-electron chi connectivity index (χ0n) is 12.8. The van der Waals surface area contributed by atoms with E-state index in [9.17, 15) is 14.7 Å². The van der Waals surface area contributed by atoms with Gasteiger partial charge in [-0.3, -0.25) is 9.59 Å². The van der Waals surface area contributed by atoms with Gasteiger partial charge in [-0.05, 0) is 19.2 Å². The van der Waals surface area contributed by atoms with E-state index in [1.54, 1.807) is 36.2 Å². The normalized spacial score (nSPS) is 12.0. The summed E-state index contributed by atoms with van der Waals surface area (Å²) in [6.45, 7) is 0.502. The van der Waals surface area contributed by atoms with Crippen molar-refractivity contribution in [3.8, 4) is 5.75 Å². The highest BCUT2D eigenvalue weighted by Gasteiger charge is 2.22. The number of carbonyl (C=O) groups excluding carboxylic acids is 1. The van der Waals surface area contributed by atoms with Crippen molar-refractivity contribution in [1.29, 1.82) is 0 Å². The van der Waals surface area contributed by atoms with E-state index < -0.39 is 11.9 Å². The molecule has 0 saturated carbocycles. The fourth-order valence-electron chi connectivity index (χ4n) is 2.00. The van der Waals surface area contributed by atoms with Gasteiger partial charge in [-0.2, -0.15) is 0 Å². The number of hydrogen-bond donors (Lipinski definition) is 3. The number of likely N-dealkylation sites (N-methyl/N-ethyl adjacent to an activating group) is 1. The maximum absolute atomic E-state index is 12.0. The predicted octanol–water partition coefficient (Wildman–Crippen LogP) is 0.649. The highest BCUT2D eigenvalue weighted by Crippen LogP contribution is 2.17. The van der Waals surface area contributed by atoms with E-state index >= 15 is 0 Å². The SMILES string of the molecule is COc1cccc(NC(=O)CC(CN(C)CCO)C(=O)O)c1. The number of aliphatic hydroxyl groups excluding tert-OH is 1. The number of amides is 1. The van der Waals surface area contributed by atoms with Gasteiger partial charge in [0.25, 0.3) is 0 Å². The summed E-state index contributed by atoms with van der Waals surface area (Å²) in [5.41, 5.74) is 0.553. The fraction of sp³-hybridized carbons (Fsp3) is 0.467. The van der Waals surface area contributed by atoms with Crippen LogP contribution in [0.15, 0.2) is 24.3 Å². The van der Waals surface area contributed by atoms with Crippen molar-refractivity contribution in [2.45, 2.75) is 6.42 Å². The zero-order chi connectivity index (χ0) is 16.5. The van der Waals surface area contributed by atoms with Crippen molar-refractivity contribution >= 4 is 17.6 Å². The number of nitrogens with one attached hydrogen (secondary N) is 1. The summed E-state index contributed by atoms with van der Waals surface area (Å²) in [4.78, 5) is 24.9. The zero-order valence-corrected chi connectivity index (χ0v) is 12.8. The Morgan fingerprint density at radius 2 is 2.14 bits per heavy atom. The van der Waals surface area contributed by atoms with Gasteiger partial charge in [-0.1, -0.05) is 6.07 Å². The third-order valence-corrected chi connectivity index (χ3v) is 3.15. The number of aliphatic hydroxyl groups is 1. The lowest BCUT2D eigenvalue weighted by Gasteiger charge is -2.20. The number of ether oxygens (including phenoxy) is 1. The van der Waals surface area contributed by atoms with Crippen LogP contribution in [0.25, 0.3) is 0 Å². The number of carbonyl (C=O) groups is 2. The maximum Gasteiger partial charge on any atom is 0.308 e. The molecule has 7 nitrogen and oxygen atoms in total. The van der Waals surface area contributed by atoms with Gasteiger partial charge < -0.3 is 25.2 Å². The third-order valence-electron chi connectivity index (χ3n) is 3.15. The van der Waals surface area contributed by atoms with Crippen LogP contribution in [-0.4, -0.2) is 60.8 Å². The first-order valence-electron chi connectivity index (χ1n) is 6.92. The van der Waals surface area contributed by atoms with Gasteiger partial charge in [0.2, 0.25) is 5.91 Å². The first kappa shape index (κ1) is 17.9. The number of aliphatic carboxylic acids is 1. The lowest BCUT2D eigenvalue weighted by molar-refractivity contribution is -0.144. The van der Waals surface area contributed by atoms with Crippen molar-refractivity contribution in [2.24, 2.45) is 5.92 Å². The van der Waals surface area contributed by atoms with Gasteiger partial charge in [0.05, 0.1) is 19.6 Å². The smallest absolute Gasteiger partial charge is 0.308 e. The summed E-state index contributed by atoms with van der Waals surface area (Å²) in [7, 11) is 3.23. The van der Waals surface area contributed by atoms with Crippen LogP contribution in [0.5, 0.6) is 5.75 Å². The lowest BCUT2D eigenvalue weighted by atomic mass is 10.0. The molecule has 1 rings (SSSR count). The molecular formula is C15H22N2O5.